The first-order valence-corrected chi connectivity index (χ1v) is 9.11. The van der Waals surface area contributed by atoms with Gasteiger partial charge in [-0.2, -0.15) is 0 Å². The molecule has 3 rings (SSSR count). The summed E-state index contributed by atoms with van der Waals surface area (Å²) in [6, 6.07) is 8.61. The Hall–Kier alpha value is -2.69. The van der Waals surface area contributed by atoms with Crippen molar-refractivity contribution in [2.24, 2.45) is 4.99 Å². The van der Waals surface area contributed by atoms with E-state index in [1.165, 1.54) is 5.56 Å². The third kappa shape index (κ3) is 3.34. The van der Waals surface area contributed by atoms with Crippen molar-refractivity contribution in [2.75, 3.05) is 6.54 Å². The summed E-state index contributed by atoms with van der Waals surface area (Å²) in [4.78, 5) is 6.85. The fourth-order valence-corrected chi connectivity index (χ4v) is 3.30. The molecule has 2 heterocycles. The predicted molar refractivity (Wildman–Crippen MR) is 107 cm³/mol. The molecule has 5 nitrogen and oxygen atoms in total. The van der Waals surface area contributed by atoms with Crippen LogP contribution in [-0.4, -0.2) is 31.9 Å². The second-order valence-corrected chi connectivity index (χ2v) is 6.83. The van der Waals surface area contributed by atoms with Crippen molar-refractivity contribution >= 4 is 11.4 Å². The molecule has 1 aromatic heterocycles. The van der Waals surface area contributed by atoms with E-state index in [-0.39, 0.29) is 6.04 Å². The van der Waals surface area contributed by atoms with Crippen LogP contribution in [0.2, 0.25) is 0 Å². The van der Waals surface area contributed by atoms with Crippen molar-refractivity contribution in [3.63, 3.8) is 0 Å². The lowest BCUT2D eigenvalue weighted by Crippen LogP contribution is -2.36. The molecule has 0 saturated carbocycles. The second-order valence-electron chi connectivity index (χ2n) is 6.83. The summed E-state index contributed by atoms with van der Waals surface area (Å²) in [6.07, 6.45) is 0.832. The molecule has 0 N–H and O–H groups in total. The predicted octanol–water partition coefficient (Wildman–Crippen LogP) is 4.37. The Balaban J connectivity index is 1.86. The highest BCUT2D eigenvalue weighted by Crippen LogP contribution is 2.31. The molecule has 0 fully saturated rings. The number of rotatable bonds is 5. The molecule has 136 valence electrons. The molecule has 0 spiro atoms. The van der Waals surface area contributed by atoms with E-state index in [2.05, 4.69) is 82.9 Å². The molecule has 0 aliphatic carbocycles. The molecule has 26 heavy (non-hydrogen) atoms. The molecule has 1 aliphatic heterocycles. The van der Waals surface area contributed by atoms with Gasteiger partial charge in [0.05, 0.1) is 11.8 Å². The number of fused-ring (bicyclic) bond motifs is 1. The average molecular weight is 349 g/mol. The molecule has 0 bridgehead atoms. The smallest absolute Gasteiger partial charge is 0.178 e. The van der Waals surface area contributed by atoms with E-state index in [9.17, 15) is 0 Å². The van der Waals surface area contributed by atoms with Crippen LogP contribution in [0.1, 0.15) is 56.0 Å². The van der Waals surface area contributed by atoms with E-state index in [4.69, 9.17) is 0 Å². The van der Waals surface area contributed by atoms with E-state index in [1.54, 1.807) is 0 Å². The van der Waals surface area contributed by atoms with Crippen molar-refractivity contribution in [1.82, 2.24) is 19.7 Å². The third-order valence-electron chi connectivity index (χ3n) is 4.97. The molecule has 1 aliphatic rings. The highest BCUT2D eigenvalue weighted by molar-refractivity contribution is 5.96. The van der Waals surface area contributed by atoms with Crippen LogP contribution in [0, 0.1) is 6.92 Å². The lowest BCUT2D eigenvalue weighted by molar-refractivity contribution is 0.250. The van der Waals surface area contributed by atoms with Gasteiger partial charge in [0.25, 0.3) is 0 Å². The van der Waals surface area contributed by atoms with Gasteiger partial charge in [0.1, 0.15) is 0 Å². The maximum atomic E-state index is 4.55. The zero-order valence-corrected chi connectivity index (χ0v) is 16.2. The molecular weight excluding hydrogens is 322 g/mol. The van der Waals surface area contributed by atoms with Crippen LogP contribution in [0.15, 0.2) is 48.1 Å². The topological polar surface area (TPSA) is 46.3 Å². The molecule has 5 heteroatoms. The van der Waals surface area contributed by atoms with E-state index in [1.807, 2.05) is 6.92 Å². The number of benzene rings is 1. The summed E-state index contributed by atoms with van der Waals surface area (Å²) in [5, 5.41) is 8.85. The van der Waals surface area contributed by atoms with Gasteiger partial charge in [-0.25, -0.2) is 0 Å². The van der Waals surface area contributed by atoms with Crippen LogP contribution in [0.25, 0.3) is 5.70 Å². The Bertz CT molecular complexity index is 857. The first kappa shape index (κ1) is 18.1. The van der Waals surface area contributed by atoms with Crippen molar-refractivity contribution < 1.29 is 0 Å². The van der Waals surface area contributed by atoms with E-state index in [0.29, 0.717) is 0 Å². The molecule has 0 radical (unpaired) electrons. The number of aromatic nitrogens is 3. The lowest BCUT2D eigenvalue weighted by atomic mass is 10.1. The fraction of sp³-hybridized carbons (Fsp3) is 0.381. The van der Waals surface area contributed by atoms with Gasteiger partial charge in [-0.3, -0.25) is 4.99 Å². The quantitative estimate of drug-likeness (QED) is 0.753. The van der Waals surface area contributed by atoms with Gasteiger partial charge in [-0.1, -0.05) is 49.9 Å². The van der Waals surface area contributed by atoms with Gasteiger partial charge in [0.15, 0.2) is 11.6 Å². The van der Waals surface area contributed by atoms with Gasteiger partial charge in [0, 0.05) is 24.5 Å². The zero-order valence-electron chi connectivity index (χ0n) is 16.2. The fourth-order valence-electron chi connectivity index (χ4n) is 3.30. The second kappa shape index (κ2) is 7.28. The summed E-state index contributed by atoms with van der Waals surface area (Å²) in [7, 11) is 0. The Morgan fingerprint density at radius 1 is 1.19 bits per heavy atom. The SMILES string of the molecule is C=C(CC)N=C(C)c1nnc2n1CCN(C(=C)c1ccc(C)cc1)[C@@H]2C. The van der Waals surface area contributed by atoms with Crippen molar-refractivity contribution in [3.8, 4) is 0 Å². The van der Waals surface area contributed by atoms with Crippen LogP contribution >= 0.6 is 0 Å². The van der Waals surface area contributed by atoms with Crippen LogP contribution in [-0.2, 0) is 6.54 Å². The summed E-state index contributed by atoms with van der Waals surface area (Å²) in [6.45, 7) is 18.2. The Kier molecular flexibility index (Phi) is 5.07. The Morgan fingerprint density at radius 3 is 2.54 bits per heavy atom. The van der Waals surface area contributed by atoms with Gasteiger partial charge >= 0.3 is 0 Å². The number of aryl methyl sites for hydroxylation is 1. The average Bonchev–Trinajstić information content (AvgIpc) is 3.07. The zero-order chi connectivity index (χ0) is 18.8. The Labute approximate surface area is 155 Å². The largest absolute Gasteiger partial charge is 0.360 e. The maximum Gasteiger partial charge on any atom is 0.178 e. The molecular formula is C21H27N5. The van der Waals surface area contributed by atoms with Gasteiger partial charge in [-0.05, 0) is 32.8 Å². The normalized spacial score (nSPS) is 17.2. The molecule has 2 aromatic rings. The summed E-state index contributed by atoms with van der Waals surface area (Å²) in [5.74, 6) is 1.79. The summed E-state index contributed by atoms with van der Waals surface area (Å²) >= 11 is 0. The highest BCUT2D eigenvalue weighted by atomic mass is 15.4. The van der Waals surface area contributed by atoms with E-state index >= 15 is 0 Å². The lowest BCUT2D eigenvalue weighted by Gasteiger charge is -2.36. The number of hydrogen-bond donors (Lipinski definition) is 0. The number of hydrogen-bond acceptors (Lipinski definition) is 4. The molecule has 1 aromatic carbocycles. The molecule has 1 atom stereocenters. The van der Waals surface area contributed by atoms with E-state index in [0.717, 1.165) is 53.8 Å². The minimum absolute atomic E-state index is 0.112. The first-order chi connectivity index (χ1) is 12.4. The van der Waals surface area contributed by atoms with Crippen molar-refractivity contribution in [1.29, 1.82) is 0 Å². The summed E-state index contributed by atoms with van der Waals surface area (Å²) < 4.78 is 2.17. The third-order valence-corrected chi connectivity index (χ3v) is 4.97. The van der Waals surface area contributed by atoms with Crippen molar-refractivity contribution in [3.05, 3.63) is 65.9 Å². The first-order valence-electron chi connectivity index (χ1n) is 9.11. The highest BCUT2D eigenvalue weighted by Gasteiger charge is 2.29. The minimum Gasteiger partial charge on any atom is -0.360 e. The number of aliphatic imine (C=N–C) groups is 1. The summed E-state index contributed by atoms with van der Waals surface area (Å²) in [5.41, 5.74) is 5.15. The monoisotopic (exact) mass is 349 g/mol. The number of allylic oxidation sites excluding steroid dienone is 1. The van der Waals surface area contributed by atoms with Crippen LogP contribution in [0.5, 0.6) is 0 Å². The van der Waals surface area contributed by atoms with Crippen LogP contribution < -0.4 is 0 Å². The van der Waals surface area contributed by atoms with Gasteiger partial charge < -0.3 is 9.47 Å². The van der Waals surface area contributed by atoms with Gasteiger partial charge in [-0.15, -0.1) is 10.2 Å². The standard InChI is InChI=1S/C21H27N5/c1-7-15(3)22-16(4)20-23-24-21-18(6)25(12-13-26(20)21)17(5)19-10-8-14(2)9-11-19/h8-11,18H,3,5,7,12-13H2,1-2,4,6H3/t18-/m1/s1. The maximum absolute atomic E-state index is 4.55. The number of nitrogens with zero attached hydrogens (tertiary/aromatic N) is 5. The molecule has 0 saturated heterocycles. The van der Waals surface area contributed by atoms with Gasteiger partial charge in [0.2, 0.25) is 0 Å². The molecule has 0 amide bonds. The Morgan fingerprint density at radius 2 is 1.88 bits per heavy atom. The van der Waals surface area contributed by atoms with Crippen LogP contribution in [0.4, 0.5) is 0 Å². The molecule has 0 unspecified atom stereocenters. The minimum atomic E-state index is 0.112. The van der Waals surface area contributed by atoms with E-state index < -0.39 is 0 Å². The van der Waals surface area contributed by atoms with Crippen LogP contribution in [0.3, 0.4) is 0 Å². The van der Waals surface area contributed by atoms with Crippen molar-refractivity contribution in [2.45, 2.75) is 46.7 Å².